The molecule has 0 unspecified atom stereocenters. The maximum Gasteiger partial charge on any atom is 0.279 e. The third kappa shape index (κ3) is 3.44. The van der Waals surface area contributed by atoms with Gasteiger partial charge in [0.25, 0.3) is 17.2 Å². The van der Waals surface area contributed by atoms with Crippen LogP contribution in [0.15, 0.2) is 77.2 Å². The molecule has 1 aromatic carbocycles. The van der Waals surface area contributed by atoms with Gasteiger partial charge in [0.05, 0.1) is 15.9 Å². The van der Waals surface area contributed by atoms with Gasteiger partial charge < -0.3 is 4.57 Å². The minimum Gasteiger partial charge on any atom is -0.305 e. The summed E-state index contributed by atoms with van der Waals surface area (Å²) in [5.41, 5.74) is 0.225. The van der Waals surface area contributed by atoms with Gasteiger partial charge in [0.1, 0.15) is 17.4 Å². The summed E-state index contributed by atoms with van der Waals surface area (Å²) in [6.45, 7) is 3.84. The highest BCUT2D eigenvalue weighted by Gasteiger charge is 2.15. The van der Waals surface area contributed by atoms with Gasteiger partial charge >= 0.3 is 0 Å². The van der Waals surface area contributed by atoms with Gasteiger partial charge in [0.15, 0.2) is 5.49 Å². The molecule has 156 valence electrons. The molecule has 0 atom stereocenters. The van der Waals surface area contributed by atoms with Crippen molar-refractivity contribution in [3.05, 3.63) is 104 Å². The Balaban J connectivity index is 2.02. The van der Waals surface area contributed by atoms with Crippen LogP contribution in [-0.4, -0.2) is 24.8 Å². The molecule has 0 N–H and O–H groups in total. The predicted molar refractivity (Wildman–Crippen MR) is 115 cm³/mol. The fourth-order valence-electron chi connectivity index (χ4n) is 3.27. The van der Waals surface area contributed by atoms with Gasteiger partial charge in [-0.15, -0.1) is 6.58 Å². The Labute approximate surface area is 179 Å². The third-order valence-electron chi connectivity index (χ3n) is 4.75. The first-order valence-corrected chi connectivity index (χ1v) is 9.34. The number of hydrogen-bond donors (Lipinski definition) is 0. The van der Waals surface area contributed by atoms with Crippen LogP contribution in [0.1, 0.15) is 15.9 Å². The molecule has 3 heterocycles. The minimum atomic E-state index is -0.703. The Morgan fingerprint density at radius 3 is 2.69 bits per heavy atom. The second-order valence-electron chi connectivity index (χ2n) is 6.70. The number of nitrogens with zero attached hydrogens (tertiary/aromatic N) is 6. The van der Waals surface area contributed by atoms with Gasteiger partial charge in [-0.1, -0.05) is 12.1 Å². The third-order valence-corrected chi connectivity index (χ3v) is 4.75. The van der Waals surface area contributed by atoms with Crippen LogP contribution in [0.25, 0.3) is 16.7 Å². The van der Waals surface area contributed by atoms with E-state index in [1.54, 1.807) is 24.4 Å². The molecule has 0 bridgehead atoms. The quantitative estimate of drug-likeness (QED) is 0.213. The molecule has 0 fully saturated rings. The number of pyridine rings is 2. The number of carbonyl (C=O) groups excluding carboxylic acids is 1. The van der Waals surface area contributed by atoms with Gasteiger partial charge in [-0.2, -0.15) is 10.3 Å². The van der Waals surface area contributed by atoms with E-state index in [4.69, 9.17) is 0 Å². The van der Waals surface area contributed by atoms with Crippen molar-refractivity contribution in [2.75, 3.05) is 0 Å². The fourth-order valence-corrected chi connectivity index (χ4v) is 3.27. The molecule has 0 aliphatic carbocycles. The number of allylic oxidation sites excluding steroid dienone is 1. The lowest BCUT2D eigenvalue weighted by Crippen LogP contribution is -2.29. The summed E-state index contributed by atoms with van der Waals surface area (Å²) in [6, 6.07) is 13.4. The molecule has 32 heavy (non-hydrogen) atoms. The molecule has 0 spiro atoms. The van der Waals surface area contributed by atoms with Gasteiger partial charge in [0.2, 0.25) is 0 Å². The number of aromatic nitrogens is 3. The number of nitriles is 1. The van der Waals surface area contributed by atoms with Crippen LogP contribution in [0.4, 0.5) is 5.69 Å². The molecule has 4 aromatic rings. The molecule has 0 aliphatic rings. The van der Waals surface area contributed by atoms with Crippen LogP contribution < -0.4 is 11.0 Å². The number of hydrogen-bond acceptors (Lipinski definition) is 6. The Kier molecular flexibility index (Phi) is 5.14. The van der Waals surface area contributed by atoms with Crippen molar-refractivity contribution in [3.8, 4) is 6.07 Å². The van der Waals surface area contributed by atoms with Crippen LogP contribution in [-0.2, 0) is 6.54 Å². The van der Waals surface area contributed by atoms with Crippen LogP contribution in [0.3, 0.4) is 0 Å². The summed E-state index contributed by atoms with van der Waals surface area (Å²) in [4.78, 5) is 44.6. The van der Waals surface area contributed by atoms with E-state index in [9.17, 15) is 25.0 Å². The first kappa shape index (κ1) is 20.4. The number of fused-ring (bicyclic) bond motifs is 2. The van der Waals surface area contributed by atoms with Crippen molar-refractivity contribution < 1.29 is 9.72 Å². The molecule has 10 nitrogen and oxygen atoms in total. The number of nitro groups is 1. The van der Waals surface area contributed by atoms with Gasteiger partial charge in [-0.25, -0.2) is 4.98 Å². The van der Waals surface area contributed by atoms with Crippen LogP contribution in [0.2, 0.25) is 0 Å². The Morgan fingerprint density at radius 1 is 1.28 bits per heavy atom. The van der Waals surface area contributed by atoms with Crippen molar-refractivity contribution in [2.24, 2.45) is 4.99 Å². The average molecular weight is 426 g/mol. The summed E-state index contributed by atoms with van der Waals surface area (Å²) < 4.78 is 2.83. The number of benzene rings is 1. The smallest absolute Gasteiger partial charge is 0.279 e. The van der Waals surface area contributed by atoms with Crippen molar-refractivity contribution in [2.45, 2.75) is 6.54 Å². The summed E-state index contributed by atoms with van der Waals surface area (Å²) >= 11 is 0. The summed E-state index contributed by atoms with van der Waals surface area (Å²) in [5.74, 6) is -0.703. The molecule has 0 radical (unpaired) electrons. The van der Waals surface area contributed by atoms with E-state index in [1.807, 2.05) is 6.07 Å². The zero-order valence-corrected chi connectivity index (χ0v) is 16.5. The van der Waals surface area contributed by atoms with E-state index < -0.39 is 10.8 Å². The normalized spacial score (nSPS) is 11.4. The lowest BCUT2D eigenvalue weighted by Gasteiger charge is -2.11. The molecule has 4 rings (SSSR count). The van der Waals surface area contributed by atoms with Crippen LogP contribution >= 0.6 is 0 Å². The molecular weight excluding hydrogens is 412 g/mol. The second-order valence-corrected chi connectivity index (χ2v) is 6.70. The van der Waals surface area contributed by atoms with Crippen molar-refractivity contribution in [1.29, 1.82) is 5.26 Å². The first-order valence-electron chi connectivity index (χ1n) is 9.34. The monoisotopic (exact) mass is 426 g/mol. The summed E-state index contributed by atoms with van der Waals surface area (Å²) in [6.07, 6.45) is 3.11. The highest BCUT2D eigenvalue weighted by atomic mass is 16.6. The van der Waals surface area contributed by atoms with Gasteiger partial charge in [0, 0.05) is 30.4 Å². The Hall–Kier alpha value is -4.91. The van der Waals surface area contributed by atoms with Gasteiger partial charge in [-0.05, 0) is 30.3 Å². The number of nitro benzene ring substituents is 1. The molecule has 1 amide bonds. The van der Waals surface area contributed by atoms with E-state index in [0.29, 0.717) is 5.65 Å². The minimum absolute atomic E-state index is 0.00407. The number of amides is 1. The Bertz CT molecular complexity index is 1590. The maximum absolute atomic E-state index is 13.0. The van der Waals surface area contributed by atoms with E-state index >= 15 is 0 Å². The Morgan fingerprint density at radius 2 is 2.03 bits per heavy atom. The average Bonchev–Trinajstić information content (AvgIpc) is 2.81. The number of carbonyl (C=O) groups is 1. The van der Waals surface area contributed by atoms with E-state index in [0.717, 1.165) is 0 Å². The lowest BCUT2D eigenvalue weighted by molar-refractivity contribution is -0.384. The number of rotatable bonds is 4. The summed E-state index contributed by atoms with van der Waals surface area (Å²) in [5, 5.41) is 20.7. The highest BCUT2D eigenvalue weighted by molar-refractivity contribution is 5.95. The molecule has 10 heteroatoms. The summed E-state index contributed by atoms with van der Waals surface area (Å²) in [7, 11) is 0. The molecular formula is C22H14N6O4. The van der Waals surface area contributed by atoms with E-state index in [2.05, 4.69) is 16.6 Å². The molecule has 0 saturated heterocycles. The van der Waals surface area contributed by atoms with Gasteiger partial charge in [-0.3, -0.25) is 24.1 Å². The molecule has 0 saturated carbocycles. The van der Waals surface area contributed by atoms with Crippen LogP contribution in [0.5, 0.6) is 0 Å². The zero-order chi connectivity index (χ0) is 22.8. The maximum atomic E-state index is 13.0. The standard InChI is InChI=1S/C22H14N6O4/c1-2-10-27-19(25-21(29)14-6-8-16(9-7-14)28(31)32)15(13-23)12-17-20(27)24-18-5-3-4-11-26(18)22(17)30/h2-9,11-12H,1,10H2. The first-order chi connectivity index (χ1) is 15.4. The van der Waals surface area contributed by atoms with Crippen LogP contribution in [0, 0.1) is 21.4 Å². The highest BCUT2D eigenvalue weighted by Crippen LogP contribution is 2.13. The van der Waals surface area contributed by atoms with Crippen molar-refractivity contribution in [1.82, 2.24) is 14.0 Å². The number of non-ortho nitro benzene ring substituents is 1. The molecule has 0 aliphatic heterocycles. The predicted octanol–water partition coefficient (Wildman–Crippen LogP) is 2.36. The van der Waals surface area contributed by atoms with Crippen molar-refractivity contribution in [3.63, 3.8) is 0 Å². The largest absolute Gasteiger partial charge is 0.305 e. The topological polar surface area (TPSA) is 136 Å². The zero-order valence-electron chi connectivity index (χ0n) is 16.5. The van der Waals surface area contributed by atoms with E-state index in [-0.39, 0.29) is 45.4 Å². The van der Waals surface area contributed by atoms with Crippen molar-refractivity contribution >= 4 is 28.3 Å². The fraction of sp³-hybridized carbons (Fsp3) is 0.0455. The lowest BCUT2D eigenvalue weighted by atomic mass is 10.2. The SMILES string of the molecule is C=CCn1c(=NC(=O)c2ccc([N+](=O)[O-])cc2)c(C#N)cc2c(=O)n3ccccc3nc21. The van der Waals surface area contributed by atoms with E-state index in [1.165, 1.54) is 45.4 Å². The second kappa shape index (κ2) is 8.08. The molecule has 3 aromatic heterocycles.